The number of esters is 2. The summed E-state index contributed by atoms with van der Waals surface area (Å²) in [6, 6.07) is 0. The summed E-state index contributed by atoms with van der Waals surface area (Å²) in [6.45, 7) is 8.57. The molecule has 0 aromatic rings. The van der Waals surface area contributed by atoms with Crippen molar-refractivity contribution in [3.05, 3.63) is 0 Å². The molecule has 0 spiro atoms. The number of rotatable bonds is 5. The molecule has 0 aliphatic heterocycles. The molecule has 0 N–H and O–H groups in total. The molecule has 0 radical (unpaired) electrons. The van der Waals surface area contributed by atoms with Gasteiger partial charge < -0.3 is 9.47 Å². The Kier molecular flexibility index (Phi) is 7.04. The predicted molar refractivity (Wildman–Crippen MR) is 64.0 cm³/mol. The molecule has 17 heavy (non-hydrogen) atoms. The lowest BCUT2D eigenvalue weighted by Crippen LogP contribution is -2.30. The van der Waals surface area contributed by atoms with Gasteiger partial charge in [0.1, 0.15) is 0 Å². The lowest BCUT2D eigenvalue weighted by Gasteiger charge is -2.16. The molecule has 0 rings (SSSR count). The lowest BCUT2D eigenvalue weighted by molar-refractivity contribution is -0.166. The molecule has 0 amide bonds. The summed E-state index contributed by atoms with van der Waals surface area (Å²) in [4.78, 5) is 23.4. The lowest BCUT2D eigenvalue weighted by atomic mass is 10.1. The van der Waals surface area contributed by atoms with Crippen molar-refractivity contribution in [3.63, 3.8) is 0 Å². The Morgan fingerprint density at radius 2 is 1.41 bits per heavy atom. The zero-order valence-corrected chi connectivity index (χ0v) is 11.1. The summed E-state index contributed by atoms with van der Waals surface area (Å²) in [7, 11) is 0. The van der Waals surface area contributed by atoms with Crippen molar-refractivity contribution in [1.29, 1.82) is 0 Å². The summed E-state index contributed by atoms with van der Waals surface area (Å²) in [5.74, 6) is 3.25. The van der Waals surface area contributed by atoms with E-state index in [0.717, 1.165) is 0 Å². The van der Waals surface area contributed by atoms with Crippen LogP contribution in [0.15, 0.2) is 0 Å². The third kappa shape index (κ3) is 6.62. The van der Waals surface area contributed by atoms with E-state index in [1.807, 2.05) is 0 Å². The zero-order valence-electron chi connectivity index (χ0n) is 11.1. The summed E-state index contributed by atoms with van der Waals surface area (Å²) in [5, 5.41) is 0. The van der Waals surface area contributed by atoms with E-state index in [1.54, 1.807) is 34.6 Å². The van der Waals surface area contributed by atoms with Crippen molar-refractivity contribution >= 4 is 11.9 Å². The Hall–Kier alpha value is -1.50. The zero-order chi connectivity index (χ0) is 13.4. The number of ether oxygens (including phenoxy) is 2. The molecule has 0 aliphatic rings. The van der Waals surface area contributed by atoms with Crippen LogP contribution in [-0.2, 0) is 19.1 Å². The van der Waals surface area contributed by atoms with Gasteiger partial charge in [0.25, 0.3) is 0 Å². The van der Waals surface area contributed by atoms with Crippen LogP contribution in [0.25, 0.3) is 0 Å². The van der Waals surface area contributed by atoms with E-state index in [-0.39, 0.29) is 18.6 Å². The minimum absolute atomic E-state index is 0.133. The fourth-order valence-corrected chi connectivity index (χ4v) is 1.10. The van der Waals surface area contributed by atoms with Crippen molar-refractivity contribution < 1.29 is 19.1 Å². The summed E-state index contributed by atoms with van der Waals surface area (Å²) in [5.41, 5.74) is 0. The monoisotopic (exact) mass is 240 g/mol. The molecule has 4 heteroatoms. The average Bonchev–Trinajstić information content (AvgIpc) is 2.15. The van der Waals surface area contributed by atoms with E-state index < -0.39 is 17.9 Å². The van der Waals surface area contributed by atoms with Crippen LogP contribution in [0.2, 0.25) is 0 Å². The maximum Gasteiger partial charge on any atom is 0.321 e. The minimum Gasteiger partial charge on any atom is -0.462 e. The summed E-state index contributed by atoms with van der Waals surface area (Å²) >= 11 is 0. The maximum absolute atomic E-state index is 11.7. The smallest absolute Gasteiger partial charge is 0.321 e. The molecule has 96 valence electrons. The number of hydrogen-bond acceptors (Lipinski definition) is 4. The van der Waals surface area contributed by atoms with Crippen LogP contribution in [-0.4, -0.2) is 24.1 Å². The van der Waals surface area contributed by atoms with Crippen LogP contribution in [0, 0.1) is 17.8 Å². The summed E-state index contributed by atoms with van der Waals surface area (Å²) in [6.07, 6.45) is -0.383. The Morgan fingerprint density at radius 1 is 1.00 bits per heavy atom. The van der Waals surface area contributed by atoms with E-state index >= 15 is 0 Å². The second-order valence-electron chi connectivity index (χ2n) is 4.15. The second kappa shape index (κ2) is 7.72. The molecular weight excluding hydrogens is 220 g/mol. The van der Waals surface area contributed by atoms with Gasteiger partial charge in [-0.15, -0.1) is 11.8 Å². The first-order chi connectivity index (χ1) is 7.88. The van der Waals surface area contributed by atoms with Gasteiger partial charge in [-0.3, -0.25) is 9.59 Å². The molecular formula is C13H20O4. The van der Waals surface area contributed by atoms with E-state index in [1.165, 1.54) is 0 Å². The maximum atomic E-state index is 11.7. The molecule has 0 aromatic carbocycles. The standard InChI is InChI=1S/C13H20O4/c1-6-7-8-11(12(14)16-9(2)3)13(15)17-10(4)5/h9-11H,8H2,1-5H3. The van der Waals surface area contributed by atoms with Gasteiger partial charge in [0.15, 0.2) is 5.92 Å². The van der Waals surface area contributed by atoms with Crippen LogP contribution in [0.3, 0.4) is 0 Å². The van der Waals surface area contributed by atoms with Gasteiger partial charge in [-0.1, -0.05) is 0 Å². The van der Waals surface area contributed by atoms with Crippen molar-refractivity contribution in [1.82, 2.24) is 0 Å². The third-order valence-corrected chi connectivity index (χ3v) is 1.76. The Labute approximate surface area is 103 Å². The number of carbonyl (C=O) groups is 2. The fourth-order valence-electron chi connectivity index (χ4n) is 1.10. The quantitative estimate of drug-likeness (QED) is 0.418. The van der Waals surface area contributed by atoms with E-state index in [2.05, 4.69) is 11.8 Å². The Morgan fingerprint density at radius 3 is 1.71 bits per heavy atom. The normalized spacial score (nSPS) is 10.1. The molecule has 0 unspecified atom stereocenters. The van der Waals surface area contributed by atoms with Crippen molar-refractivity contribution in [3.8, 4) is 11.8 Å². The Bertz CT molecular complexity index is 298. The molecule has 0 aliphatic carbocycles. The first-order valence-electron chi connectivity index (χ1n) is 5.69. The highest BCUT2D eigenvalue weighted by molar-refractivity contribution is 5.95. The minimum atomic E-state index is -0.952. The first kappa shape index (κ1) is 15.5. The van der Waals surface area contributed by atoms with Gasteiger partial charge in [-0.25, -0.2) is 0 Å². The molecule has 0 saturated heterocycles. The average molecular weight is 240 g/mol. The number of hydrogen-bond donors (Lipinski definition) is 0. The van der Waals surface area contributed by atoms with Crippen LogP contribution in [0.5, 0.6) is 0 Å². The van der Waals surface area contributed by atoms with Gasteiger partial charge in [0, 0.05) is 6.42 Å². The molecule has 0 aromatic heterocycles. The van der Waals surface area contributed by atoms with Gasteiger partial charge in [-0.05, 0) is 34.6 Å². The molecule has 0 bridgehead atoms. The van der Waals surface area contributed by atoms with Gasteiger partial charge >= 0.3 is 11.9 Å². The van der Waals surface area contributed by atoms with Crippen LogP contribution in [0.1, 0.15) is 41.0 Å². The van der Waals surface area contributed by atoms with E-state index in [0.29, 0.717) is 0 Å². The summed E-state index contributed by atoms with van der Waals surface area (Å²) < 4.78 is 10.0. The van der Waals surface area contributed by atoms with Crippen LogP contribution < -0.4 is 0 Å². The third-order valence-electron chi connectivity index (χ3n) is 1.76. The highest BCUT2D eigenvalue weighted by Gasteiger charge is 2.30. The predicted octanol–water partition coefficient (Wildman–Crippen LogP) is 1.92. The van der Waals surface area contributed by atoms with Crippen molar-refractivity contribution in [2.75, 3.05) is 0 Å². The van der Waals surface area contributed by atoms with Crippen molar-refractivity contribution in [2.45, 2.75) is 53.2 Å². The topological polar surface area (TPSA) is 52.6 Å². The first-order valence-corrected chi connectivity index (χ1v) is 5.69. The van der Waals surface area contributed by atoms with Gasteiger partial charge in [-0.2, -0.15) is 0 Å². The molecule has 0 saturated carbocycles. The van der Waals surface area contributed by atoms with E-state index in [9.17, 15) is 9.59 Å². The van der Waals surface area contributed by atoms with Gasteiger partial charge in [0.05, 0.1) is 12.2 Å². The number of carbonyl (C=O) groups excluding carboxylic acids is 2. The molecule has 4 nitrogen and oxygen atoms in total. The van der Waals surface area contributed by atoms with E-state index in [4.69, 9.17) is 9.47 Å². The van der Waals surface area contributed by atoms with Crippen LogP contribution in [0.4, 0.5) is 0 Å². The SMILES string of the molecule is CC#CCC(C(=O)OC(C)C)C(=O)OC(C)C. The molecule has 0 heterocycles. The van der Waals surface area contributed by atoms with Gasteiger partial charge in [0.2, 0.25) is 0 Å². The second-order valence-corrected chi connectivity index (χ2v) is 4.15. The highest BCUT2D eigenvalue weighted by atomic mass is 16.6. The van der Waals surface area contributed by atoms with Crippen LogP contribution >= 0.6 is 0 Å². The molecule has 0 fully saturated rings. The Balaban J connectivity index is 4.66. The van der Waals surface area contributed by atoms with Crippen molar-refractivity contribution in [2.24, 2.45) is 5.92 Å². The molecule has 0 atom stereocenters. The fraction of sp³-hybridized carbons (Fsp3) is 0.692. The largest absolute Gasteiger partial charge is 0.462 e. The highest BCUT2D eigenvalue weighted by Crippen LogP contribution is 2.11.